The molecule has 28 heavy (non-hydrogen) atoms. The molecular formula is C22H26N4O2. The Hall–Kier alpha value is -3.28. The predicted molar refractivity (Wildman–Crippen MR) is 113 cm³/mol. The van der Waals surface area contributed by atoms with Gasteiger partial charge in [0.2, 0.25) is 5.95 Å². The maximum absolute atomic E-state index is 5.73. The molecule has 2 N–H and O–H groups in total. The van der Waals surface area contributed by atoms with Crippen LogP contribution < -0.4 is 20.1 Å². The summed E-state index contributed by atoms with van der Waals surface area (Å²) in [4.78, 5) is 8.99. The highest BCUT2D eigenvalue weighted by molar-refractivity contribution is 5.55. The largest absolute Gasteiger partial charge is 0.497 e. The van der Waals surface area contributed by atoms with E-state index in [1.54, 1.807) is 7.11 Å². The molecule has 6 heteroatoms. The lowest BCUT2D eigenvalue weighted by Gasteiger charge is -2.11. The lowest BCUT2D eigenvalue weighted by molar-refractivity contribution is 0.331. The van der Waals surface area contributed by atoms with E-state index in [9.17, 15) is 0 Å². The maximum Gasteiger partial charge on any atom is 0.229 e. The average Bonchev–Trinajstić information content (AvgIpc) is 2.72. The van der Waals surface area contributed by atoms with Crippen LogP contribution in [0.2, 0.25) is 0 Å². The van der Waals surface area contributed by atoms with Gasteiger partial charge in [-0.05, 0) is 55.3 Å². The van der Waals surface area contributed by atoms with Crippen LogP contribution in [0.3, 0.4) is 0 Å². The monoisotopic (exact) mass is 378 g/mol. The summed E-state index contributed by atoms with van der Waals surface area (Å²) in [6.07, 6.45) is 1.02. The Bertz CT molecular complexity index is 880. The van der Waals surface area contributed by atoms with Crippen LogP contribution in [-0.4, -0.2) is 30.2 Å². The molecule has 146 valence electrons. The predicted octanol–water partition coefficient (Wildman–Crippen LogP) is 4.59. The standard InChI is InChI=1S/C22H26N4O2/c1-4-17-5-7-18(8-6-17)25-22-24-16(2)15-21(26-22)23-13-14-28-20-11-9-19(27-3)10-12-20/h5-12,15H,4,13-14H2,1-3H3,(H2,23,24,25,26). The van der Waals surface area contributed by atoms with Crippen molar-refractivity contribution in [2.24, 2.45) is 0 Å². The second-order valence-corrected chi connectivity index (χ2v) is 6.34. The van der Waals surface area contributed by atoms with Crippen molar-refractivity contribution in [2.45, 2.75) is 20.3 Å². The van der Waals surface area contributed by atoms with E-state index in [0.717, 1.165) is 35.1 Å². The van der Waals surface area contributed by atoms with Gasteiger partial charge in [0.1, 0.15) is 23.9 Å². The van der Waals surface area contributed by atoms with Crippen LogP contribution in [0.25, 0.3) is 0 Å². The van der Waals surface area contributed by atoms with Gasteiger partial charge < -0.3 is 20.1 Å². The average molecular weight is 378 g/mol. The minimum absolute atomic E-state index is 0.524. The molecule has 6 nitrogen and oxygen atoms in total. The highest BCUT2D eigenvalue weighted by Crippen LogP contribution is 2.18. The van der Waals surface area contributed by atoms with Crippen LogP contribution in [0, 0.1) is 6.92 Å². The van der Waals surface area contributed by atoms with Crippen molar-refractivity contribution in [3.05, 3.63) is 65.9 Å². The van der Waals surface area contributed by atoms with Crippen LogP contribution in [0.15, 0.2) is 54.6 Å². The zero-order valence-electron chi connectivity index (χ0n) is 16.5. The van der Waals surface area contributed by atoms with Gasteiger partial charge in [-0.3, -0.25) is 0 Å². The number of hydrogen-bond acceptors (Lipinski definition) is 6. The second-order valence-electron chi connectivity index (χ2n) is 6.34. The fraction of sp³-hybridized carbons (Fsp3) is 0.273. The first-order chi connectivity index (χ1) is 13.7. The summed E-state index contributed by atoms with van der Waals surface area (Å²) in [6, 6.07) is 17.7. The number of ether oxygens (including phenoxy) is 2. The molecule has 0 saturated heterocycles. The van der Waals surface area contributed by atoms with E-state index < -0.39 is 0 Å². The van der Waals surface area contributed by atoms with Gasteiger partial charge in [0.25, 0.3) is 0 Å². The fourth-order valence-electron chi connectivity index (χ4n) is 2.69. The molecule has 3 aromatic rings. The Morgan fingerprint density at radius 1 is 0.929 bits per heavy atom. The number of nitrogens with one attached hydrogen (secondary N) is 2. The van der Waals surface area contributed by atoms with Crippen molar-refractivity contribution in [3.63, 3.8) is 0 Å². The van der Waals surface area contributed by atoms with Gasteiger partial charge >= 0.3 is 0 Å². The van der Waals surface area contributed by atoms with Crippen LogP contribution in [0.4, 0.5) is 17.5 Å². The Kier molecular flexibility index (Phi) is 6.68. The molecule has 0 atom stereocenters. The Morgan fingerprint density at radius 3 is 2.32 bits per heavy atom. The zero-order chi connectivity index (χ0) is 19.8. The fourth-order valence-corrected chi connectivity index (χ4v) is 2.69. The van der Waals surface area contributed by atoms with Gasteiger partial charge in [0.15, 0.2) is 0 Å². The molecule has 0 spiro atoms. The lowest BCUT2D eigenvalue weighted by Crippen LogP contribution is -2.13. The smallest absolute Gasteiger partial charge is 0.229 e. The third-order valence-corrected chi connectivity index (χ3v) is 4.21. The van der Waals surface area contributed by atoms with E-state index in [1.807, 2.05) is 49.4 Å². The highest BCUT2D eigenvalue weighted by Gasteiger charge is 2.03. The summed E-state index contributed by atoms with van der Waals surface area (Å²) < 4.78 is 10.9. The molecule has 3 rings (SSSR count). The summed E-state index contributed by atoms with van der Waals surface area (Å²) >= 11 is 0. The van der Waals surface area contributed by atoms with Crippen molar-refractivity contribution < 1.29 is 9.47 Å². The molecule has 0 aliphatic rings. The maximum atomic E-state index is 5.73. The van der Waals surface area contributed by atoms with Crippen LogP contribution in [-0.2, 0) is 6.42 Å². The minimum atomic E-state index is 0.524. The summed E-state index contributed by atoms with van der Waals surface area (Å²) in [5.41, 5.74) is 3.16. The number of anilines is 3. The molecule has 0 amide bonds. The summed E-state index contributed by atoms with van der Waals surface area (Å²) in [6.45, 7) is 5.25. The number of aryl methyl sites for hydroxylation is 2. The van der Waals surface area contributed by atoms with Crippen LogP contribution >= 0.6 is 0 Å². The zero-order valence-corrected chi connectivity index (χ0v) is 16.5. The molecule has 1 heterocycles. The number of aromatic nitrogens is 2. The second kappa shape index (κ2) is 9.60. The van der Waals surface area contributed by atoms with Gasteiger partial charge in [-0.2, -0.15) is 4.98 Å². The molecule has 0 saturated carbocycles. The topological polar surface area (TPSA) is 68.3 Å². The first-order valence-corrected chi connectivity index (χ1v) is 9.38. The lowest BCUT2D eigenvalue weighted by atomic mass is 10.1. The van der Waals surface area contributed by atoms with Gasteiger partial charge in [-0.1, -0.05) is 19.1 Å². The Morgan fingerprint density at radius 2 is 1.64 bits per heavy atom. The quantitative estimate of drug-likeness (QED) is 0.531. The minimum Gasteiger partial charge on any atom is -0.497 e. The number of methoxy groups -OCH3 is 1. The molecular weight excluding hydrogens is 352 g/mol. The van der Waals surface area contributed by atoms with Crippen molar-refractivity contribution in [1.29, 1.82) is 0 Å². The summed E-state index contributed by atoms with van der Waals surface area (Å²) in [7, 11) is 1.65. The van der Waals surface area contributed by atoms with E-state index in [2.05, 4.69) is 39.7 Å². The van der Waals surface area contributed by atoms with Crippen molar-refractivity contribution in [3.8, 4) is 11.5 Å². The van der Waals surface area contributed by atoms with Crippen molar-refractivity contribution in [2.75, 3.05) is 30.9 Å². The molecule has 0 aliphatic heterocycles. The van der Waals surface area contributed by atoms with Gasteiger partial charge in [-0.25, -0.2) is 4.98 Å². The van der Waals surface area contributed by atoms with Crippen molar-refractivity contribution >= 4 is 17.5 Å². The van der Waals surface area contributed by atoms with Gasteiger partial charge in [0, 0.05) is 17.4 Å². The number of nitrogens with zero attached hydrogens (tertiary/aromatic N) is 2. The van der Waals surface area contributed by atoms with E-state index in [1.165, 1.54) is 5.56 Å². The number of rotatable bonds is 9. The number of benzene rings is 2. The molecule has 1 aromatic heterocycles. The van der Waals surface area contributed by atoms with Crippen LogP contribution in [0.5, 0.6) is 11.5 Å². The van der Waals surface area contributed by atoms with Crippen molar-refractivity contribution in [1.82, 2.24) is 9.97 Å². The molecule has 0 unspecified atom stereocenters. The van der Waals surface area contributed by atoms with Crippen LogP contribution in [0.1, 0.15) is 18.2 Å². The van der Waals surface area contributed by atoms with E-state index in [4.69, 9.17) is 9.47 Å². The Balaban J connectivity index is 1.53. The first-order valence-electron chi connectivity index (χ1n) is 9.38. The van der Waals surface area contributed by atoms with E-state index in [0.29, 0.717) is 19.1 Å². The SMILES string of the molecule is CCc1ccc(Nc2nc(C)cc(NCCOc3ccc(OC)cc3)n2)cc1. The van der Waals surface area contributed by atoms with E-state index in [-0.39, 0.29) is 0 Å². The highest BCUT2D eigenvalue weighted by atomic mass is 16.5. The van der Waals surface area contributed by atoms with Gasteiger partial charge in [-0.15, -0.1) is 0 Å². The Labute approximate surface area is 166 Å². The molecule has 0 radical (unpaired) electrons. The molecule has 0 fully saturated rings. The number of hydrogen-bond donors (Lipinski definition) is 2. The van der Waals surface area contributed by atoms with E-state index >= 15 is 0 Å². The molecule has 0 bridgehead atoms. The van der Waals surface area contributed by atoms with Gasteiger partial charge in [0.05, 0.1) is 13.7 Å². The summed E-state index contributed by atoms with van der Waals surface area (Å²) in [5, 5.41) is 6.54. The summed E-state index contributed by atoms with van der Waals surface area (Å²) in [5.74, 6) is 2.95. The third kappa shape index (κ3) is 5.61. The third-order valence-electron chi connectivity index (χ3n) is 4.21. The first kappa shape index (κ1) is 19.5. The normalized spacial score (nSPS) is 10.4. The molecule has 0 aliphatic carbocycles. The molecule has 2 aromatic carbocycles.